The number of nitrogens with one attached hydrogen (secondary N) is 1. The second-order valence-electron chi connectivity index (χ2n) is 6.90. The summed E-state index contributed by atoms with van der Waals surface area (Å²) in [5.74, 6) is 2.88. The Morgan fingerprint density at radius 1 is 1.10 bits per heavy atom. The van der Waals surface area contributed by atoms with Crippen LogP contribution in [0.2, 0.25) is 0 Å². The van der Waals surface area contributed by atoms with Gasteiger partial charge >= 0.3 is 0 Å². The molecule has 1 N–H and O–H groups in total. The van der Waals surface area contributed by atoms with Crippen molar-refractivity contribution in [1.29, 1.82) is 0 Å². The first-order chi connectivity index (χ1) is 10.1. The molecule has 1 aliphatic carbocycles. The van der Waals surface area contributed by atoms with E-state index in [-0.39, 0.29) is 6.10 Å². The van der Waals surface area contributed by atoms with Crippen molar-refractivity contribution >= 4 is 0 Å². The van der Waals surface area contributed by atoms with Crippen molar-refractivity contribution < 1.29 is 4.74 Å². The third-order valence-corrected chi connectivity index (χ3v) is 4.49. The van der Waals surface area contributed by atoms with E-state index in [1.807, 2.05) is 0 Å². The van der Waals surface area contributed by atoms with E-state index in [0.717, 1.165) is 30.7 Å². The van der Waals surface area contributed by atoms with Gasteiger partial charge in [0.05, 0.1) is 6.10 Å². The Balaban J connectivity index is 1.62. The highest BCUT2D eigenvalue weighted by molar-refractivity contribution is 5.27. The van der Waals surface area contributed by atoms with E-state index in [0.29, 0.717) is 0 Å². The topological polar surface area (TPSA) is 21.3 Å². The van der Waals surface area contributed by atoms with Gasteiger partial charge in [-0.3, -0.25) is 0 Å². The van der Waals surface area contributed by atoms with Crippen molar-refractivity contribution in [3.8, 4) is 5.75 Å². The van der Waals surface area contributed by atoms with Crippen molar-refractivity contribution in [2.75, 3.05) is 6.54 Å². The van der Waals surface area contributed by atoms with E-state index in [9.17, 15) is 0 Å². The lowest BCUT2D eigenvalue weighted by Crippen LogP contribution is -2.20. The maximum atomic E-state index is 5.66. The Labute approximate surface area is 130 Å². The molecule has 0 spiro atoms. The van der Waals surface area contributed by atoms with Crippen molar-refractivity contribution in [1.82, 2.24) is 5.32 Å². The minimum Gasteiger partial charge on any atom is -0.491 e. The van der Waals surface area contributed by atoms with Gasteiger partial charge in [-0.1, -0.05) is 44.7 Å². The summed E-state index contributed by atoms with van der Waals surface area (Å²) in [6.07, 6.45) is 7.31. The van der Waals surface area contributed by atoms with Gasteiger partial charge in [0.2, 0.25) is 0 Å². The van der Waals surface area contributed by atoms with Gasteiger partial charge in [-0.25, -0.2) is 0 Å². The van der Waals surface area contributed by atoms with Crippen molar-refractivity contribution in [3.63, 3.8) is 0 Å². The standard InChI is InChI=1S/C19H31NO/c1-15(2)21-19-10-8-18(9-11-19)14-20-13-12-17-6-4-16(3)5-7-17/h8-11,15-17,20H,4-7,12-14H2,1-3H3. The van der Waals surface area contributed by atoms with Crippen LogP contribution in [0.1, 0.15) is 58.4 Å². The van der Waals surface area contributed by atoms with Gasteiger partial charge in [0, 0.05) is 6.54 Å². The molecule has 21 heavy (non-hydrogen) atoms. The molecule has 0 radical (unpaired) electrons. The van der Waals surface area contributed by atoms with Gasteiger partial charge in [-0.2, -0.15) is 0 Å². The van der Waals surface area contributed by atoms with Crippen LogP contribution in [0.3, 0.4) is 0 Å². The highest BCUT2D eigenvalue weighted by Gasteiger charge is 2.17. The van der Waals surface area contributed by atoms with Gasteiger partial charge in [-0.15, -0.1) is 0 Å². The molecule has 0 heterocycles. The van der Waals surface area contributed by atoms with Crippen LogP contribution in [0.15, 0.2) is 24.3 Å². The van der Waals surface area contributed by atoms with Gasteiger partial charge in [0.25, 0.3) is 0 Å². The van der Waals surface area contributed by atoms with E-state index in [4.69, 9.17) is 4.74 Å². The van der Waals surface area contributed by atoms with Crippen molar-refractivity contribution in [2.45, 2.75) is 65.5 Å². The van der Waals surface area contributed by atoms with Crippen LogP contribution in [0.4, 0.5) is 0 Å². The third-order valence-electron chi connectivity index (χ3n) is 4.49. The van der Waals surface area contributed by atoms with Gasteiger partial charge in [0.15, 0.2) is 0 Å². The maximum Gasteiger partial charge on any atom is 0.119 e. The zero-order valence-corrected chi connectivity index (χ0v) is 13.9. The fourth-order valence-corrected chi connectivity index (χ4v) is 3.11. The Morgan fingerprint density at radius 3 is 2.38 bits per heavy atom. The summed E-state index contributed by atoms with van der Waals surface area (Å²) in [5.41, 5.74) is 1.34. The SMILES string of the molecule is CC1CCC(CCNCc2ccc(OC(C)C)cc2)CC1. The zero-order valence-electron chi connectivity index (χ0n) is 13.9. The molecule has 0 amide bonds. The molecule has 0 aliphatic heterocycles. The van der Waals surface area contributed by atoms with Crippen LogP contribution in [0.25, 0.3) is 0 Å². The molecule has 0 saturated heterocycles. The lowest BCUT2D eigenvalue weighted by molar-refractivity contribution is 0.242. The molecule has 1 aromatic rings. The van der Waals surface area contributed by atoms with Gasteiger partial charge in [0.1, 0.15) is 5.75 Å². The molecule has 2 heteroatoms. The lowest BCUT2D eigenvalue weighted by atomic mass is 9.81. The second-order valence-corrected chi connectivity index (χ2v) is 6.90. The maximum absolute atomic E-state index is 5.66. The second kappa shape index (κ2) is 8.43. The van der Waals surface area contributed by atoms with E-state index >= 15 is 0 Å². The molecule has 1 aromatic carbocycles. The fourth-order valence-electron chi connectivity index (χ4n) is 3.11. The molecule has 0 atom stereocenters. The average Bonchev–Trinajstić information content (AvgIpc) is 2.46. The highest BCUT2D eigenvalue weighted by atomic mass is 16.5. The van der Waals surface area contributed by atoms with Crippen LogP contribution in [-0.4, -0.2) is 12.6 Å². The Bertz CT molecular complexity index is 391. The summed E-state index contributed by atoms with van der Waals surface area (Å²) < 4.78 is 5.66. The van der Waals surface area contributed by atoms with Crippen LogP contribution in [0, 0.1) is 11.8 Å². The number of benzene rings is 1. The monoisotopic (exact) mass is 289 g/mol. The normalized spacial score (nSPS) is 22.5. The first-order valence-corrected chi connectivity index (χ1v) is 8.60. The number of ether oxygens (including phenoxy) is 1. The first kappa shape index (κ1) is 16.4. The third kappa shape index (κ3) is 6.09. The molecular weight excluding hydrogens is 258 g/mol. The van der Waals surface area contributed by atoms with E-state index in [2.05, 4.69) is 50.4 Å². The molecule has 118 valence electrons. The minimum atomic E-state index is 0.243. The lowest BCUT2D eigenvalue weighted by Gasteiger charge is -2.26. The molecular formula is C19H31NO. The van der Waals surface area contributed by atoms with Crippen molar-refractivity contribution in [2.24, 2.45) is 11.8 Å². The summed E-state index contributed by atoms with van der Waals surface area (Å²) in [6, 6.07) is 8.46. The van der Waals surface area contributed by atoms with Crippen molar-refractivity contribution in [3.05, 3.63) is 29.8 Å². The average molecular weight is 289 g/mol. The Kier molecular flexibility index (Phi) is 6.56. The Morgan fingerprint density at radius 2 is 1.76 bits per heavy atom. The highest BCUT2D eigenvalue weighted by Crippen LogP contribution is 2.29. The summed E-state index contributed by atoms with van der Waals surface area (Å²) in [6.45, 7) is 8.61. The fraction of sp³-hybridized carbons (Fsp3) is 0.684. The molecule has 0 bridgehead atoms. The summed E-state index contributed by atoms with van der Waals surface area (Å²) in [5, 5.41) is 3.58. The minimum absolute atomic E-state index is 0.243. The van der Waals surface area contributed by atoms with Crippen LogP contribution < -0.4 is 10.1 Å². The summed E-state index contributed by atoms with van der Waals surface area (Å²) in [7, 11) is 0. The molecule has 1 aliphatic rings. The predicted octanol–water partition coefficient (Wildman–Crippen LogP) is 4.78. The van der Waals surface area contributed by atoms with E-state index < -0.39 is 0 Å². The van der Waals surface area contributed by atoms with Gasteiger partial charge in [-0.05, 0) is 56.3 Å². The van der Waals surface area contributed by atoms with Crippen LogP contribution in [-0.2, 0) is 6.54 Å². The number of hydrogen-bond donors (Lipinski definition) is 1. The smallest absolute Gasteiger partial charge is 0.119 e. The largest absolute Gasteiger partial charge is 0.491 e. The molecule has 2 rings (SSSR count). The molecule has 0 unspecified atom stereocenters. The Hall–Kier alpha value is -1.02. The van der Waals surface area contributed by atoms with Crippen LogP contribution in [0.5, 0.6) is 5.75 Å². The number of hydrogen-bond acceptors (Lipinski definition) is 2. The quantitative estimate of drug-likeness (QED) is 0.729. The predicted molar refractivity (Wildman–Crippen MR) is 89.7 cm³/mol. The molecule has 2 nitrogen and oxygen atoms in total. The zero-order chi connectivity index (χ0) is 15.1. The van der Waals surface area contributed by atoms with E-state index in [1.165, 1.54) is 37.7 Å². The molecule has 1 fully saturated rings. The van der Waals surface area contributed by atoms with Crippen LogP contribution >= 0.6 is 0 Å². The van der Waals surface area contributed by atoms with Gasteiger partial charge < -0.3 is 10.1 Å². The number of rotatable bonds is 7. The summed E-state index contributed by atoms with van der Waals surface area (Å²) >= 11 is 0. The van der Waals surface area contributed by atoms with E-state index in [1.54, 1.807) is 0 Å². The molecule has 1 saturated carbocycles. The summed E-state index contributed by atoms with van der Waals surface area (Å²) in [4.78, 5) is 0. The first-order valence-electron chi connectivity index (χ1n) is 8.60. The molecule has 0 aromatic heterocycles.